The van der Waals surface area contributed by atoms with Crippen molar-refractivity contribution < 1.29 is 9.84 Å². The molecule has 0 spiro atoms. The summed E-state index contributed by atoms with van der Waals surface area (Å²) in [6.07, 6.45) is 6.38. The molecule has 0 radical (unpaired) electrons. The standard InChI is InChI=1S/C18H21NO2/c19-12-17(11-14-8-9-16(17)21-14)18(20)10-4-3-6-13-5-1-2-7-15(13)18/h1-2,5,7,14,16,20H,3-4,6,8-11H2. The van der Waals surface area contributed by atoms with Gasteiger partial charge < -0.3 is 9.84 Å². The van der Waals surface area contributed by atoms with Gasteiger partial charge in [-0.25, -0.2) is 0 Å². The first kappa shape index (κ1) is 13.3. The van der Waals surface area contributed by atoms with Crippen LogP contribution in [-0.2, 0) is 16.8 Å². The molecule has 3 aliphatic rings. The maximum absolute atomic E-state index is 11.7. The number of benzene rings is 1. The number of nitrogens with zero attached hydrogens (tertiary/aromatic N) is 1. The van der Waals surface area contributed by atoms with Crippen LogP contribution in [0.2, 0.25) is 0 Å². The van der Waals surface area contributed by atoms with E-state index in [0.717, 1.165) is 37.7 Å². The number of ether oxygens (including phenoxy) is 1. The molecule has 4 atom stereocenters. The molecule has 1 N–H and O–H groups in total. The van der Waals surface area contributed by atoms with Gasteiger partial charge in [0.05, 0.1) is 18.3 Å². The van der Waals surface area contributed by atoms with Gasteiger partial charge in [0.2, 0.25) is 0 Å². The second kappa shape index (κ2) is 4.56. The first-order chi connectivity index (χ1) is 10.2. The Morgan fingerprint density at radius 3 is 2.81 bits per heavy atom. The molecule has 3 nitrogen and oxygen atoms in total. The van der Waals surface area contributed by atoms with Crippen LogP contribution in [0.5, 0.6) is 0 Å². The van der Waals surface area contributed by atoms with E-state index in [2.05, 4.69) is 12.1 Å². The molecule has 2 aliphatic heterocycles. The van der Waals surface area contributed by atoms with Crippen molar-refractivity contribution in [3.05, 3.63) is 35.4 Å². The molecule has 1 aliphatic carbocycles. The molecule has 0 saturated carbocycles. The van der Waals surface area contributed by atoms with Gasteiger partial charge in [0.15, 0.2) is 0 Å². The van der Waals surface area contributed by atoms with E-state index in [4.69, 9.17) is 4.74 Å². The lowest BCUT2D eigenvalue weighted by Gasteiger charge is -2.44. The predicted molar refractivity (Wildman–Crippen MR) is 78.5 cm³/mol. The third-order valence-electron chi connectivity index (χ3n) is 5.84. The molecule has 1 aromatic rings. The Labute approximate surface area is 125 Å². The quantitative estimate of drug-likeness (QED) is 0.806. The van der Waals surface area contributed by atoms with Crippen LogP contribution in [0, 0.1) is 16.7 Å². The fraction of sp³-hybridized carbons (Fsp3) is 0.611. The van der Waals surface area contributed by atoms with Crippen molar-refractivity contribution in [2.24, 2.45) is 5.41 Å². The van der Waals surface area contributed by atoms with Crippen LogP contribution in [-0.4, -0.2) is 17.3 Å². The van der Waals surface area contributed by atoms with E-state index >= 15 is 0 Å². The molecule has 1 aromatic carbocycles. The van der Waals surface area contributed by atoms with Crippen molar-refractivity contribution in [1.29, 1.82) is 5.26 Å². The Kier molecular flexibility index (Phi) is 2.89. The Morgan fingerprint density at radius 1 is 1.24 bits per heavy atom. The minimum Gasteiger partial charge on any atom is -0.383 e. The Hall–Kier alpha value is -1.37. The number of aryl methyl sites for hydroxylation is 1. The molecule has 4 rings (SSSR count). The molecule has 4 unspecified atom stereocenters. The number of hydrogen-bond acceptors (Lipinski definition) is 3. The van der Waals surface area contributed by atoms with Gasteiger partial charge in [-0.2, -0.15) is 5.26 Å². The average molecular weight is 283 g/mol. The summed E-state index contributed by atoms with van der Waals surface area (Å²) in [4.78, 5) is 0. The number of aliphatic hydroxyl groups is 1. The lowest BCUT2D eigenvalue weighted by molar-refractivity contribution is -0.0973. The second-order valence-corrected chi connectivity index (χ2v) is 6.84. The normalized spacial score (nSPS) is 41.3. The summed E-state index contributed by atoms with van der Waals surface area (Å²) in [6.45, 7) is 0. The fourth-order valence-corrected chi connectivity index (χ4v) is 4.79. The Balaban J connectivity index is 1.88. The second-order valence-electron chi connectivity index (χ2n) is 6.84. The fourth-order valence-electron chi connectivity index (χ4n) is 4.79. The first-order valence-corrected chi connectivity index (χ1v) is 8.07. The summed E-state index contributed by atoms with van der Waals surface area (Å²) in [5, 5.41) is 21.7. The maximum atomic E-state index is 11.7. The summed E-state index contributed by atoms with van der Waals surface area (Å²) in [5.41, 5.74) is 0.348. The summed E-state index contributed by atoms with van der Waals surface area (Å²) in [6, 6.07) is 10.6. The zero-order chi connectivity index (χ0) is 14.5. The van der Waals surface area contributed by atoms with E-state index in [-0.39, 0.29) is 12.2 Å². The molecular formula is C18H21NO2. The van der Waals surface area contributed by atoms with Crippen molar-refractivity contribution in [1.82, 2.24) is 0 Å². The molecule has 0 aromatic heterocycles. The van der Waals surface area contributed by atoms with Gasteiger partial charge >= 0.3 is 0 Å². The van der Waals surface area contributed by atoms with Crippen LogP contribution in [0.1, 0.15) is 49.7 Å². The van der Waals surface area contributed by atoms with Crippen LogP contribution < -0.4 is 0 Å². The Morgan fingerprint density at radius 2 is 2.10 bits per heavy atom. The van der Waals surface area contributed by atoms with E-state index in [9.17, 15) is 10.4 Å². The van der Waals surface area contributed by atoms with Gasteiger partial charge in [-0.05, 0) is 56.1 Å². The first-order valence-electron chi connectivity index (χ1n) is 8.07. The van der Waals surface area contributed by atoms with E-state index in [1.54, 1.807) is 0 Å². The van der Waals surface area contributed by atoms with Crippen LogP contribution in [0.4, 0.5) is 0 Å². The van der Waals surface area contributed by atoms with Gasteiger partial charge in [0.1, 0.15) is 11.0 Å². The van der Waals surface area contributed by atoms with Gasteiger partial charge in [-0.1, -0.05) is 24.3 Å². The summed E-state index contributed by atoms with van der Waals surface area (Å²) >= 11 is 0. The van der Waals surface area contributed by atoms with Crippen LogP contribution in [0.3, 0.4) is 0 Å². The largest absolute Gasteiger partial charge is 0.383 e. The van der Waals surface area contributed by atoms with E-state index in [0.29, 0.717) is 12.8 Å². The Bertz CT molecular complexity index is 607. The highest BCUT2D eigenvalue weighted by atomic mass is 16.5. The van der Waals surface area contributed by atoms with Crippen molar-refractivity contribution in [3.63, 3.8) is 0 Å². The van der Waals surface area contributed by atoms with Crippen molar-refractivity contribution in [3.8, 4) is 6.07 Å². The highest BCUT2D eigenvalue weighted by molar-refractivity contribution is 5.39. The third-order valence-corrected chi connectivity index (χ3v) is 5.84. The molecule has 2 heterocycles. The lowest BCUT2D eigenvalue weighted by Crippen LogP contribution is -2.51. The maximum Gasteiger partial charge on any atom is 0.119 e. The molecule has 2 saturated heterocycles. The van der Waals surface area contributed by atoms with Crippen molar-refractivity contribution >= 4 is 0 Å². The number of hydrogen-bond donors (Lipinski definition) is 1. The van der Waals surface area contributed by atoms with E-state index < -0.39 is 11.0 Å². The summed E-state index contributed by atoms with van der Waals surface area (Å²) in [7, 11) is 0. The van der Waals surface area contributed by atoms with Crippen LogP contribution >= 0.6 is 0 Å². The average Bonchev–Trinajstić information content (AvgIpc) is 3.08. The van der Waals surface area contributed by atoms with Gasteiger partial charge in [-0.15, -0.1) is 0 Å². The zero-order valence-electron chi connectivity index (χ0n) is 12.2. The molecule has 2 fully saturated rings. The third kappa shape index (κ3) is 1.66. The number of nitriles is 1. The molecule has 3 heteroatoms. The van der Waals surface area contributed by atoms with Crippen molar-refractivity contribution in [2.75, 3.05) is 0 Å². The molecule has 0 amide bonds. The smallest absolute Gasteiger partial charge is 0.119 e. The predicted octanol–water partition coefficient (Wildman–Crippen LogP) is 3.06. The van der Waals surface area contributed by atoms with E-state index in [1.807, 2.05) is 18.2 Å². The minimum absolute atomic E-state index is 0.108. The molecular weight excluding hydrogens is 262 g/mol. The molecule has 21 heavy (non-hydrogen) atoms. The number of rotatable bonds is 1. The topological polar surface area (TPSA) is 53.2 Å². The molecule has 2 bridgehead atoms. The van der Waals surface area contributed by atoms with E-state index in [1.165, 1.54) is 5.56 Å². The van der Waals surface area contributed by atoms with Crippen LogP contribution in [0.25, 0.3) is 0 Å². The monoisotopic (exact) mass is 283 g/mol. The zero-order valence-corrected chi connectivity index (χ0v) is 12.2. The highest BCUT2D eigenvalue weighted by Crippen LogP contribution is 2.59. The van der Waals surface area contributed by atoms with Crippen molar-refractivity contribution in [2.45, 2.75) is 62.8 Å². The highest BCUT2D eigenvalue weighted by Gasteiger charge is 2.64. The number of fused-ring (bicyclic) bond motifs is 3. The van der Waals surface area contributed by atoms with Crippen LogP contribution in [0.15, 0.2) is 24.3 Å². The summed E-state index contributed by atoms with van der Waals surface area (Å²) < 4.78 is 5.97. The SMILES string of the molecule is N#CC1(C2(O)CCCCc3ccccc32)CC2CCC1O2. The molecule has 110 valence electrons. The van der Waals surface area contributed by atoms with Gasteiger partial charge in [0, 0.05) is 0 Å². The summed E-state index contributed by atoms with van der Waals surface area (Å²) in [5.74, 6) is 0. The van der Waals surface area contributed by atoms with Gasteiger partial charge in [0.25, 0.3) is 0 Å². The minimum atomic E-state index is -1.06. The lowest BCUT2D eigenvalue weighted by atomic mass is 9.60. The van der Waals surface area contributed by atoms with Gasteiger partial charge in [-0.3, -0.25) is 0 Å².